The van der Waals surface area contributed by atoms with Crippen molar-refractivity contribution in [1.82, 2.24) is 5.32 Å². The van der Waals surface area contributed by atoms with Crippen molar-refractivity contribution in [1.29, 1.82) is 0 Å². The molecule has 4 nitrogen and oxygen atoms in total. The predicted molar refractivity (Wildman–Crippen MR) is 113 cm³/mol. The van der Waals surface area contributed by atoms with Crippen molar-refractivity contribution in [2.45, 2.75) is 9.79 Å². The Morgan fingerprint density at radius 2 is 1.84 bits per heavy atom. The summed E-state index contributed by atoms with van der Waals surface area (Å²) in [5.74, 6) is 0.762. The summed E-state index contributed by atoms with van der Waals surface area (Å²) in [5.41, 5.74) is 6.06. The first-order valence-corrected chi connectivity index (χ1v) is 10.2. The summed E-state index contributed by atoms with van der Waals surface area (Å²) < 4.78 is 0. The van der Waals surface area contributed by atoms with E-state index in [1.54, 1.807) is 11.8 Å². The van der Waals surface area contributed by atoms with Gasteiger partial charge in [0.25, 0.3) is 0 Å². The van der Waals surface area contributed by atoms with E-state index in [-0.39, 0.29) is 11.7 Å². The van der Waals surface area contributed by atoms with Gasteiger partial charge in [0, 0.05) is 27.1 Å². The van der Waals surface area contributed by atoms with Gasteiger partial charge in [-0.25, -0.2) is 0 Å². The molecule has 0 heterocycles. The third-order valence-corrected chi connectivity index (χ3v) is 5.58. The minimum absolute atomic E-state index is 0.233. The Bertz CT molecular complexity index is 725. The first-order chi connectivity index (χ1) is 12.0. The van der Waals surface area contributed by atoms with Crippen LogP contribution < -0.4 is 16.4 Å². The number of anilines is 1. The fourth-order valence-electron chi connectivity index (χ4n) is 1.88. The molecule has 25 heavy (non-hydrogen) atoms. The van der Waals surface area contributed by atoms with Crippen molar-refractivity contribution in [3.05, 3.63) is 53.6 Å². The van der Waals surface area contributed by atoms with Crippen molar-refractivity contribution in [3.8, 4) is 0 Å². The van der Waals surface area contributed by atoms with Crippen LogP contribution in [0.5, 0.6) is 0 Å². The molecule has 132 valence electrons. The molecule has 0 atom stereocenters. The quantitative estimate of drug-likeness (QED) is 0.346. The van der Waals surface area contributed by atoms with Crippen molar-refractivity contribution < 1.29 is 4.79 Å². The van der Waals surface area contributed by atoms with Crippen LogP contribution in [0, 0.1) is 0 Å². The highest BCUT2D eigenvalue weighted by Crippen LogP contribution is 2.26. The smallest absolute Gasteiger partial charge is 0.227 e. The predicted octanol–water partition coefficient (Wildman–Crippen LogP) is 4.00. The second-order valence-electron chi connectivity index (χ2n) is 4.93. The van der Waals surface area contributed by atoms with Crippen LogP contribution >= 0.6 is 47.3 Å². The molecular formula is C17H18ClN3OS3. The van der Waals surface area contributed by atoms with Gasteiger partial charge in [-0.15, -0.1) is 23.5 Å². The Morgan fingerprint density at radius 1 is 1.12 bits per heavy atom. The first-order valence-electron chi connectivity index (χ1n) is 7.48. The van der Waals surface area contributed by atoms with Crippen LogP contribution in [0.15, 0.2) is 58.3 Å². The third kappa shape index (κ3) is 7.56. The van der Waals surface area contributed by atoms with Gasteiger partial charge in [0.2, 0.25) is 5.91 Å². The monoisotopic (exact) mass is 411 g/mol. The number of nitrogens with two attached hydrogens (primary N) is 1. The van der Waals surface area contributed by atoms with Crippen LogP contribution in [0.4, 0.5) is 5.69 Å². The highest BCUT2D eigenvalue weighted by Gasteiger charge is 2.06. The van der Waals surface area contributed by atoms with Crippen molar-refractivity contribution in [3.63, 3.8) is 0 Å². The zero-order chi connectivity index (χ0) is 18.1. The Morgan fingerprint density at radius 3 is 2.56 bits per heavy atom. The highest BCUT2D eigenvalue weighted by atomic mass is 35.5. The third-order valence-electron chi connectivity index (χ3n) is 2.98. The van der Waals surface area contributed by atoms with Gasteiger partial charge < -0.3 is 16.4 Å². The Labute approximate surface area is 166 Å². The van der Waals surface area contributed by atoms with E-state index in [2.05, 4.69) is 10.6 Å². The fraction of sp³-hybridized carbons (Fsp3) is 0.176. The van der Waals surface area contributed by atoms with Crippen LogP contribution in [0.2, 0.25) is 5.02 Å². The van der Waals surface area contributed by atoms with E-state index in [0.29, 0.717) is 5.11 Å². The number of carbonyl (C=O) groups excluding carboxylic acids is 1. The second kappa shape index (κ2) is 10.6. The lowest BCUT2D eigenvalue weighted by Crippen LogP contribution is -2.30. The average molecular weight is 412 g/mol. The van der Waals surface area contributed by atoms with Gasteiger partial charge in [-0.3, -0.25) is 4.79 Å². The van der Waals surface area contributed by atoms with Crippen LogP contribution in [-0.2, 0) is 4.79 Å². The largest absolute Gasteiger partial charge is 0.369 e. The van der Waals surface area contributed by atoms with E-state index in [0.717, 1.165) is 27.9 Å². The molecule has 8 heteroatoms. The summed E-state index contributed by atoms with van der Waals surface area (Å²) in [4.78, 5) is 13.0. The number of para-hydroxylation sites is 1. The second-order valence-corrected chi connectivity index (χ2v) is 7.96. The maximum absolute atomic E-state index is 10.9. The molecule has 0 unspecified atom stereocenters. The summed E-state index contributed by atoms with van der Waals surface area (Å²) in [6.07, 6.45) is 0. The number of hydrogen-bond acceptors (Lipinski definition) is 4. The molecule has 0 saturated heterocycles. The summed E-state index contributed by atoms with van der Waals surface area (Å²) in [6.45, 7) is 0.732. The molecule has 0 saturated carbocycles. The van der Waals surface area contributed by atoms with Gasteiger partial charge >= 0.3 is 0 Å². The number of carbonyl (C=O) groups is 1. The van der Waals surface area contributed by atoms with Crippen molar-refractivity contribution in [2.24, 2.45) is 5.73 Å². The lowest BCUT2D eigenvalue weighted by atomic mass is 10.3. The van der Waals surface area contributed by atoms with E-state index in [1.165, 1.54) is 16.7 Å². The number of thioether (sulfide) groups is 2. The van der Waals surface area contributed by atoms with E-state index < -0.39 is 0 Å². The Kier molecular flexibility index (Phi) is 8.40. The molecular weight excluding hydrogens is 394 g/mol. The molecule has 0 spiro atoms. The van der Waals surface area contributed by atoms with Crippen molar-refractivity contribution >= 4 is 64.0 Å². The number of halogens is 1. The number of benzene rings is 2. The number of primary amides is 1. The number of nitrogens with one attached hydrogen (secondary N) is 2. The van der Waals surface area contributed by atoms with Crippen LogP contribution in [-0.4, -0.2) is 29.1 Å². The number of rotatable bonds is 8. The normalized spacial score (nSPS) is 10.3. The standard InChI is InChI=1S/C17H18ClN3OS3/c18-12-5-7-13(8-6-12)24-10-9-20-17(23)21-14-3-1-2-4-15(14)25-11-16(19)22/h1-8H,9-11H2,(H2,19,22)(H2,20,21,23). The maximum Gasteiger partial charge on any atom is 0.227 e. The van der Waals surface area contributed by atoms with Gasteiger partial charge in [0.05, 0.1) is 11.4 Å². The van der Waals surface area contributed by atoms with Gasteiger partial charge in [-0.2, -0.15) is 0 Å². The molecule has 0 bridgehead atoms. The zero-order valence-electron chi connectivity index (χ0n) is 13.3. The van der Waals surface area contributed by atoms with Gasteiger partial charge in [0.1, 0.15) is 0 Å². The molecule has 0 aliphatic rings. The summed E-state index contributed by atoms with van der Waals surface area (Å²) >= 11 is 14.3. The van der Waals surface area contributed by atoms with Gasteiger partial charge in [0.15, 0.2) is 5.11 Å². The summed E-state index contributed by atoms with van der Waals surface area (Å²) in [6, 6.07) is 15.4. The lowest BCUT2D eigenvalue weighted by Gasteiger charge is -2.13. The molecule has 0 aromatic heterocycles. The molecule has 2 aromatic rings. The molecule has 2 aromatic carbocycles. The minimum Gasteiger partial charge on any atom is -0.369 e. The number of hydrogen-bond donors (Lipinski definition) is 3. The molecule has 0 fully saturated rings. The van der Waals surface area contributed by atoms with E-state index in [1.807, 2.05) is 48.5 Å². The number of amides is 1. The fourth-order valence-corrected chi connectivity index (χ4v) is 3.73. The van der Waals surface area contributed by atoms with Gasteiger partial charge in [-0.1, -0.05) is 23.7 Å². The van der Waals surface area contributed by atoms with E-state index in [4.69, 9.17) is 29.6 Å². The number of thiocarbonyl (C=S) groups is 1. The Balaban J connectivity index is 1.76. The maximum atomic E-state index is 10.9. The van der Waals surface area contributed by atoms with Crippen molar-refractivity contribution in [2.75, 3.05) is 23.4 Å². The molecule has 0 aliphatic carbocycles. The van der Waals surface area contributed by atoms with E-state index in [9.17, 15) is 4.79 Å². The topological polar surface area (TPSA) is 67.2 Å². The Hall–Kier alpha value is -1.41. The average Bonchev–Trinajstić information content (AvgIpc) is 2.59. The highest BCUT2D eigenvalue weighted by molar-refractivity contribution is 8.00. The molecule has 2 rings (SSSR count). The summed E-state index contributed by atoms with van der Waals surface area (Å²) in [5, 5.41) is 7.62. The molecule has 0 radical (unpaired) electrons. The first kappa shape index (κ1) is 19.9. The molecule has 1 amide bonds. The lowest BCUT2D eigenvalue weighted by molar-refractivity contribution is -0.115. The minimum atomic E-state index is -0.347. The molecule has 4 N–H and O–H groups in total. The van der Waals surface area contributed by atoms with Crippen LogP contribution in [0.3, 0.4) is 0 Å². The SMILES string of the molecule is NC(=O)CSc1ccccc1NC(=S)NCCSc1ccc(Cl)cc1. The molecule has 0 aliphatic heterocycles. The van der Waals surface area contributed by atoms with Gasteiger partial charge in [-0.05, 0) is 48.6 Å². The van der Waals surface area contributed by atoms with Crippen LogP contribution in [0.1, 0.15) is 0 Å². The summed E-state index contributed by atoms with van der Waals surface area (Å²) in [7, 11) is 0. The van der Waals surface area contributed by atoms with Crippen LogP contribution in [0.25, 0.3) is 0 Å². The zero-order valence-corrected chi connectivity index (χ0v) is 16.5. The van der Waals surface area contributed by atoms with E-state index >= 15 is 0 Å².